The molecule has 2 aliphatic rings. The number of benzene rings is 1. The maximum atomic E-state index is 14.7. The first-order valence-electron chi connectivity index (χ1n) is 14.8. The minimum Gasteiger partial charge on any atom is -0.511 e. The summed E-state index contributed by atoms with van der Waals surface area (Å²) >= 11 is 0. The lowest BCUT2D eigenvalue weighted by molar-refractivity contribution is -0.137. The van der Waals surface area contributed by atoms with Crippen molar-refractivity contribution in [3.63, 3.8) is 0 Å². The second-order valence-corrected chi connectivity index (χ2v) is 12.6. The number of ether oxygens (including phenoxy) is 1. The van der Waals surface area contributed by atoms with Crippen molar-refractivity contribution in [3.05, 3.63) is 94.0 Å². The number of carbonyl (C=O) groups excluding carboxylic acids is 2. The fraction of sp³-hybridized carbons (Fsp3) is 0.472. The topological polar surface area (TPSA) is 101 Å². The van der Waals surface area contributed by atoms with Crippen LogP contribution < -0.4 is 0 Å². The Hall–Kier alpha value is -3.67. The second kappa shape index (κ2) is 13.5. The third kappa shape index (κ3) is 7.03. The summed E-state index contributed by atoms with van der Waals surface area (Å²) in [7, 11) is 0. The van der Waals surface area contributed by atoms with Crippen molar-refractivity contribution in [1.29, 1.82) is 0 Å². The van der Waals surface area contributed by atoms with Crippen LogP contribution in [0.1, 0.15) is 92.1 Å². The molecule has 0 spiro atoms. The minimum atomic E-state index is -1.47. The van der Waals surface area contributed by atoms with Gasteiger partial charge in [0.15, 0.2) is 11.6 Å². The molecule has 6 nitrogen and oxygen atoms in total. The molecule has 3 rings (SSSR count). The number of hydrogen-bond donors (Lipinski definition) is 2. The van der Waals surface area contributed by atoms with E-state index in [4.69, 9.17) is 4.74 Å². The predicted molar refractivity (Wildman–Crippen MR) is 166 cm³/mol. The average molecular weight is 575 g/mol. The largest absolute Gasteiger partial charge is 0.511 e. The van der Waals surface area contributed by atoms with Crippen LogP contribution in [-0.2, 0) is 19.1 Å². The van der Waals surface area contributed by atoms with Crippen molar-refractivity contribution < 1.29 is 29.3 Å². The van der Waals surface area contributed by atoms with E-state index in [1.165, 1.54) is 0 Å². The van der Waals surface area contributed by atoms with Crippen LogP contribution in [0.3, 0.4) is 0 Å². The summed E-state index contributed by atoms with van der Waals surface area (Å²) < 4.78 is 6.27. The van der Waals surface area contributed by atoms with Gasteiger partial charge in [-0.1, -0.05) is 66.1 Å². The number of allylic oxidation sites excluding steroid dienone is 8. The fourth-order valence-electron chi connectivity index (χ4n) is 6.03. The summed E-state index contributed by atoms with van der Waals surface area (Å²) in [5.41, 5.74) is 2.42. The van der Waals surface area contributed by atoms with E-state index in [0.29, 0.717) is 12.0 Å². The molecule has 1 aliphatic heterocycles. The summed E-state index contributed by atoms with van der Waals surface area (Å²) in [5.74, 6) is -3.52. The van der Waals surface area contributed by atoms with E-state index in [0.717, 1.165) is 23.1 Å². The lowest BCUT2D eigenvalue weighted by Crippen LogP contribution is -2.47. The first kappa shape index (κ1) is 32.8. The highest BCUT2D eigenvalue weighted by atomic mass is 16.5. The Morgan fingerprint density at radius 1 is 1.07 bits per heavy atom. The van der Waals surface area contributed by atoms with E-state index in [9.17, 15) is 24.6 Å². The normalized spacial score (nSPS) is 23.5. The quantitative estimate of drug-likeness (QED) is 0.193. The number of carboxylic acid groups (broad SMARTS) is 1. The van der Waals surface area contributed by atoms with Crippen LogP contribution in [0.15, 0.2) is 88.4 Å². The number of carboxylic acids is 1. The molecule has 2 N–H and O–H groups in total. The number of rotatable bonds is 12. The van der Waals surface area contributed by atoms with Gasteiger partial charge in [-0.15, -0.1) is 6.58 Å². The summed E-state index contributed by atoms with van der Waals surface area (Å²) in [6, 6.07) is 9.05. The molecule has 0 saturated heterocycles. The van der Waals surface area contributed by atoms with Crippen molar-refractivity contribution in [2.45, 2.75) is 92.6 Å². The van der Waals surface area contributed by atoms with E-state index in [2.05, 4.69) is 12.7 Å². The highest BCUT2D eigenvalue weighted by molar-refractivity contribution is 6.25. The molecule has 1 aromatic rings. The predicted octanol–water partition coefficient (Wildman–Crippen LogP) is 8.19. The lowest BCUT2D eigenvalue weighted by atomic mass is 9.61. The van der Waals surface area contributed by atoms with Crippen molar-refractivity contribution >= 4 is 17.5 Å². The van der Waals surface area contributed by atoms with E-state index < -0.39 is 35.1 Å². The van der Waals surface area contributed by atoms with Gasteiger partial charge in [0.2, 0.25) is 0 Å². The zero-order valence-corrected chi connectivity index (χ0v) is 26.1. The smallest absolute Gasteiger partial charge is 0.304 e. The molecule has 42 heavy (non-hydrogen) atoms. The minimum absolute atomic E-state index is 0.0247. The van der Waals surface area contributed by atoms with Crippen LogP contribution in [0.2, 0.25) is 0 Å². The van der Waals surface area contributed by atoms with Gasteiger partial charge >= 0.3 is 5.97 Å². The lowest BCUT2D eigenvalue weighted by Gasteiger charge is -2.43. The molecule has 0 amide bonds. The monoisotopic (exact) mass is 574 g/mol. The summed E-state index contributed by atoms with van der Waals surface area (Å²) in [6.45, 7) is 17.4. The van der Waals surface area contributed by atoms with Crippen LogP contribution >= 0.6 is 0 Å². The van der Waals surface area contributed by atoms with Gasteiger partial charge in [0.05, 0.1) is 17.8 Å². The number of Topliss-reactive ketones (excluding diaryl/α,β-unsaturated/α-hetero) is 2. The molecule has 6 heteroatoms. The second-order valence-electron chi connectivity index (χ2n) is 12.6. The molecule has 0 bridgehead atoms. The highest BCUT2D eigenvalue weighted by Gasteiger charge is 2.55. The molecule has 5 atom stereocenters. The number of hydrogen-bond acceptors (Lipinski definition) is 5. The Bertz CT molecular complexity index is 1350. The van der Waals surface area contributed by atoms with Crippen molar-refractivity contribution in [1.82, 2.24) is 0 Å². The van der Waals surface area contributed by atoms with Crippen molar-refractivity contribution in [2.75, 3.05) is 0 Å². The summed E-state index contributed by atoms with van der Waals surface area (Å²) in [5, 5.41) is 22.4. The molecule has 1 aliphatic carbocycles. The Morgan fingerprint density at radius 2 is 1.71 bits per heavy atom. The molecule has 1 heterocycles. The summed E-state index contributed by atoms with van der Waals surface area (Å²) in [6.07, 6.45) is 5.04. The number of aliphatic hydroxyl groups is 1. The molecule has 0 radical (unpaired) electrons. The number of aliphatic hydroxyl groups excluding tert-OH is 1. The maximum absolute atomic E-state index is 14.7. The van der Waals surface area contributed by atoms with E-state index in [1.54, 1.807) is 26.0 Å². The number of carbonyl (C=O) groups is 3. The molecular weight excluding hydrogens is 528 g/mol. The van der Waals surface area contributed by atoms with E-state index >= 15 is 0 Å². The van der Waals surface area contributed by atoms with Gasteiger partial charge < -0.3 is 14.9 Å². The molecule has 0 saturated carbocycles. The molecule has 0 aromatic heterocycles. The van der Waals surface area contributed by atoms with Gasteiger partial charge in [0.25, 0.3) is 0 Å². The van der Waals surface area contributed by atoms with Crippen LogP contribution in [-0.4, -0.2) is 33.9 Å². The van der Waals surface area contributed by atoms with Gasteiger partial charge in [-0.2, -0.15) is 0 Å². The van der Waals surface area contributed by atoms with Crippen LogP contribution in [0.4, 0.5) is 0 Å². The Labute approximate surface area is 250 Å². The fourth-order valence-corrected chi connectivity index (χ4v) is 6.03. The van der Waals surface area contributed by atoms with Crippen molar-refractivity contribution in [2.24, 2.45) is 17.3 Å². The maximum Gasteiger partial charge on any atom is 0.304 e. The van der Waals surface area contributed by atoms with Crippen LogP contribution in [0.25, 0.3) is 0 Å². The third-order valence-electron chi connectivity index (χ3n) is 8.42. The number of aliphatic carboxylic acids is 1. The van der Waals surface area contributed by atoms with E-state index in [-0.39, 0.29) is 53.6 Å². The number of ketones is 2. The van der Waals surface area contributed by atoms with Gasteiger partial charge in [-0.05, 0) is 78.7 Å². The van der Waals surface area contributed by atoms with Gasteiger partial charge in [-0.25, -0.2) is 0 Å². The van der Waals surface area contributed by atoms with Crippen molar-refractivity contribution in [3.8, 4) is 0 Å². The van der Waals surface area contributed by atoms with Gasteiger partial charge in [-0.3, -0.25) is 14.4 Å². The van der Waals surface area contributed by atoms with E-state index in [1.807, 2.05) is 58.9 Å². The van der Waals surface area contributed by atoms with Crippen LogP contribution in [0.5, 0.6) is 0 Å². The molecule has 3 unspecified atom stereocenters. The first-order valence-corrected chi connectivity index (χ1v) is 14.8. The zero-order valence-electron chi connectivity index (χ0n) is 26.1. The van der Waals surface area contributed by atoms with Gasteiger partial charge in [0, 0.05) is 11.5 Å². The molecular formula is C36H46O6. The molecule has 1 aromatic carbocycles. The Balaban J connectivity index is 2.42. The standard InChI is InChI=1S/C36H46O6/c1-21(2)14-15-26(18-23(5)6)20-36(17-16-22(3)4)34(40)30(28(19-29(37)38)27-12-10-9-11-13-27)33-31(35(36)41)32(39)24(7)25(8)42-33/h9-13,16,18,24-26,28,40H,1,14-15,17,19-20H2,2-8H3,(H,37,38)/t24-,25-,26?,28?,36?/m0/s1. The third-order valence-corrected chi connectivity index (χ3v) is 8.42. The highest BCUT2D eigenvalue weighted by Crippen LogP contribution is 2.53. The zero-order chi connectivity index (χ0) is 31.4. The Morgan fingerprint density at radius 3 is 2.26 bits per heavy atom. The first-order chi connectivity index (χ1) is 19.7. The SMILES string of the molecule is C=C(C)CCC(C=C(C)C)CC1(CC=C(C)C)C(=O)C2=C(O[C@@H](C)[C@H](C)C2=O)C(C(CC(=O)O)c2ccccc2)=C1O. The van der Waals surface area contributed by atoms with Crippen LogP contribution in [0, 0.1) is 17.3 Å². The van der Waals surface area contributed by atoms with Gasteiger partial charge in [0.1, 0.15) is 23.2 Å². The Kier molecular flexibility index (Phi) is 10.6. The summed E-state index contributed by atoms with van der Waals surface area (Å²) in [4.78, 5) is 40.9. The molecule has 226 valence electrons. The molecule has 0 fully saturated rings. The average Bonchev–Trinajstić information content (AvgIpc) is 2.91.